The van der Waals surface area contributed by atoms with E-state index in [0.29, 0.717) is 11.4 Å². The lowest BCUT2D eigenvalue weighted by molar-refractivity contribution is -0.152. The van der Waals surface area contributed by atoms with Crippen molar-refractivity contribution in [2.75, 3.05) is 16.8 Å². The van der Waals surface area contributed by atoms with E-state index in [4.69, 9.17) is 40.5 Å². The number of anilines is 3. The van der Waals surface area contributed by atoms with Gasteiger partial charge >= 0.3 is 12.4 Å². The van der Waals surface area contributed by atoms with Gasteiger partial charge in [-0.1, -0.05) is 40.9 Å². The molecular formula is C25H23Cl3F6N4O3. The number of hydrogen-bond donors (Lipinski definition) is 3. The van der Waals surface area contributed by atoms with Crippen LogP contribution in [0.25, 0.3) is 0 Å². The van der Waals surface area contributed by atoms with Gasteiger partial charge in [-0.2, -0.15) is 26.3 Å². The van der Waals surface area contributed by atoms with Crippen molar-refractivity contribution in [3.8, 4) is 0 Å². The van der Waals surface area contributed by atoms with Crippen LogP contribution in [0.5, 0.6) is 0 Å². The van der Waals surface area contributed by atoms with E-state index < -0.39 is 73.6 Å². The van der Waals surface area contributed by atoms with Gasteiger partial charge in [0.1, 0.15) is 6.04 Å². The number of carbonyl (C=O) groups is 3. The van der Waals surface area contributed by atoms with Crippen LogP contribution in [0, 0.1) is 11.8 Å². The summed E-state index contributed by atoms with van der Waals surface area (Å²) in [5, 5.41) is 5.36. The number of nitrogens with one attached hydrogen (secondary N) is 2. The van der Waals surface area contributed by atoms with E-state index in [-0.39, 0.29) is 27.3 Å². The van der Waals surface area contributed by atoms with Crippen LogP contribution in [0.3, 0.4) is 0 Å². The molecule has 1 heterocycles. The Kier molecular flexibility index (Phi) is 10.3. The molecule has 0 unspecified atom stereocenters. The van der Waals surface area contributed by atoms with Gasteiger partial charge in [-0.15, -0.1) is 0 Å². The van der Waals surface area contributed by atoms with Gasteiger partial charge in [0.05, 0.1) is 33.0 Å². The molecule has 7 nitrogen and oxygen atoms in total. The molecule has 0 bridgehead atoms. The summed E-state index contributed by atoms with van der Waals surface area (Å²) in [6, 6.07) is 7.70. The number of fused-ring (bicyclic) bond motifs is 1. The van der Waals surface area contributed by atoms with Crippen LogP contribution in [0.1, 0.15) is 25.7 Å². The van der Waals surface area contributed by atoms with Crippen LogP contribution < -0.4 is 21.3 Å². The summed E-state index contributed by atoms with van der Waals surface area (Å²) < 4.78 is 77.8. The summed E-state index contributed by atoms with van der Waals surface area (Å²) in [5.74, 6) is -7.23. The van der Waals surface area contributed by atoms with E-state index in [1.807, 2.05) is 0 Å². The monoisotopic (exact) mass is 646 g/mol. The third-order valence-electron chi connectivity index (χ3n) is 6.41. The number of hydrogen-bond acceptors (Lipinski definition) is 4. The number of halogens is 9. The zero-order chi connectivity index (χ0) is 30.7. The molecule has 2 aromatic rings. The Morgan fingerprint density at radius 2 is 1.56 bits per heavy atom. The van der Waals surface area contributed by atoms with Gasteiger partial charge in [0, 0.05) is 30.4 Å². The Balaban J connectivity index is 1.97. The van der Waals surface area contributed by atoms with Gasteiger partial charge in [-0.25, -0.2) is 0 Å². The number of nitrogens with two attached hydrogens (primary N) is 1. The highest BCUT2D eigenvalue weighted by atomic mass is 35.5. The Morgan fingerprint density at radius 3 is 2.12 bits per heavy atom. The quantitative estimate of drug-likeness (QED) is 0.266. The highest BCUT2D eigenvalue weighted by Crippen LogP contribution is 2.40. The molecule has 2 aromatic carbocycles. The maximum absolute atomic E-state index is 13.3. The molecule has 41 heavy (non-hydrogen) atoms. The molecule has 0 fully saturated rings. The predicted molar refractivity (Wildman–Crippen MR) is 142 cm³/mol. The predicted octanol–water partition coefficient (Wildman–Crippen LogP) is 6.62. The van der Waals surface area contributed by atoms with Crippen LogP contribution in [0.4, 0.5) is 43.4 Å². The van der Waals surface area contributed by atoms with Crippen molar-refractivity contribution < 1.29 is 40.7 Å². The molecule has 0 aliphatic carbocycles. The van der Waals surface area contributed by atoms with Crippen LogP contribution in [-0.4, -0.2) is 42.7 Å². The number of benzene rings is 2. The van der Waals surface area contributed by atoms with Gasteiger partial charge < -0.3 is 21.3 Å². The van der Waals surface area contributed by atoms with Crippen molar-refractivity contribution in [3.05, 3.63) is 51.5 Å². The minimum absolute atomic E-state index is 0.122. The number of rotatable bonds is 9. The van der Waals surface area contributed by atoms with E-state index in [1.165, 1.54) is 23.1 Å². The van der Waals surface area contributed by atoms with Crippen molar-refractivity contribution in [1.82, 2.24) is 5.32 Å². The zero-order valence-corrected chi connectivity index (χ0v) is 23.2. The molecule has 0 spiro atoms. The van der Waals surface area contributed by atoms with Crippen LogP contribution >= 0.6 is 34.8 Å². The van der Waals surface area contributed by atoms with Crippen molar-refractivity contribution in [3.63, 3.8) is 0 Å². The molecule has 224 valence electrons. The van der Waals surface area contributed by atoms with Crippen LogP contribution in [0.15, 0.2) is 36.4 Å². The highest BCUT2D eigenvalue weighted by molar-refractivity contribution is 6.42. The first-order valence-electron chi connectivity index (χ1n) is 12.0. The summed E-state index contributed by atoms with van der Waals surface area (Å²) in [6.45, 7) is -0.307. The highest BCUT2D eigenvalue weighted by Gasteiger charge is 2.41. The topological polar surface area (TPSA) is 105 Å². The number of primary amides is 1. The lowest BCUT2D eigenvalue weighted by Gasteiger charge is -2.29. The molecule has 3 rings (SSSR count). The van der Waals surface area contributed by atoms with Crippen LogP contribution in [0.2, 0.25) is 15.1 Å². The van der Waals surface area contributed by atoms with Gasteiger partial charge in [0.2, 0.25) is 17.7 Å². The molecule has 1 aliphatic heterocycles. The average molecular weight is 648 g/mol. The second kappa shape index (κ2) is 13.0. The molecule has 4 N–H and O–H groups in total. The van der Waals surface area contributed by atoms with E-state index in [2.05, 4.69) is 10.6 Å². The molecular weight excluding hydrogens is 625 g/mol. The first-order chi connectivity index (χ1) is 19.0. The third kappa shape index (κ3) is 8.79. The third-order valence-corrected chi connectivity index (χ3v) is 7.46. The minimum atomic E-state index is -4.78. The lowest BCUT2D eigenvalue weighted by atomic mass is 9.83. The van der Waals surface area contributed by atoms with Crippen LogP contribution in [-0.2, 0) is 14.4 Å². The molecule has 3 amide bonds. The standard InChI is InChI=1S/C25H23Cl3F6N4O3/c26-15-5-4-12(10-17(15)28)38-11-18(23(41)37-20-16(27)2-1-3-19(20)38)36-22(40)14(7-9-25(32,33)34)13(21(35)39)6-8-24(29,30)31/h1-5,10,13-14,18H,6-9,11H2,(H2,35,39)(H,36,40)(H,37,41)/t13-,14+,18-/m0/s1. The summed E-state index contributed by atoms with van der Waals surface area (Å²) in [6.07, 6.45) is -14.7. The first-order valence-corrected chi connectivity index (χ1v) is 13.2. The molecule has 0 aromatic heterocycles. The maximum atomic E-state index is 13.3. The smallest absolute Gasteiger partial charge is 0.369 e. The fraction of sp³-hybridized carbons (Fsp3) is 0.400. The Morgan fingerprint density at radius 1 is 0.951 bits per heavy atom. The van der Waals surface area contributed by atoms with Gasteiger partial charge in [-0.05, 0) is 43.2 Å². The number of alkyl halides is 6. The molecule has 0 radical (unpaired) electrons. The lowest BCUT2D eigenvalue weighted by Crippen LogP contribution is -2.52. The molecule has 0 saturated carbocycles. The minimum Gasteiger partial charge on any atom is -0.369 e. The Bertz CT molecular complexity index is 1310. The molecule has 0 saturated heterocycles. The number of carbonyl (C=O) groups excluding carboxylic acids is 3. The summed E-state index contributed by atoms with van der Waals surface area (Å²) in [4.78, 5) is 40.1. The average Bonchev–Trinajstić information content (AvgIpc) is 2.98. The molecule has 3 atom stereocenters. The normalized spacial score (nSPS) is 17.2. The van der Waals surface area contributed by atoms with Crippen molar-refractivity contribution in [2.24, 2.45) is 17.6 Å². The Labute approximate surface area is 245 Å². The van der Waals surface area contributed by atoms with Gasteiger partial charge in [0.15, 0.2) is 0 Å². The second-order valence-electron chi connectivity index (χ2n) is 9.32. The summed E-state index contributed by atoms with van der Waals surface area (Å²) in [5.41, 5.74) is 6.15. The fourth-order valence-corrected chi connectivity index (χ4v) is 4.93. The largest absolute Gasteiger partial charge is 0.389 e. The fourth-order valence-electron chi connectivity index (χ4n) is 4.42. The zero-order valence-electron chi connectivity index (χ0n) is 20.9. The number of amides is 3. The maximum Gasteiger partial charge on any atom is 0.389 e. The molecule has 1 aliphatic rings. The van der Waals surface area contributed by atoms with E-state index >= 15 is 0 Å². The van der Waals surface area contributed by atoms with Crippen molar-refractivity contribution >= 4 is 69.6 Å². The summed E-state index contributed by atoms with van der Waals surface area (Å²) >= 11 is 18.5. The van der Waals surface area contributed by atoms with E-state index in [1.54, 1.807) is 18.2 Å². The summed E-state index contributed by atoms with van der Waals surface area (Å²) in [7, 11) is 0. The van der Waals surface area contributed by atoms with Crippen molar-refractivity contribution in [2.45, 2.75) is 44.1 Å². The van der Waals surface area contributed by atoms with Gasteiger partial charge in [-0.3, -0.25) is 14.4 Å². The van der Waals surface area contributed by atoms with E-state index in [9.17, 15) is 40.7 Å². The number of nitrogens with zero attached hydrogens (tertiary/aromatic N) is 1. The second-order valence-corrected chi connectivity index (χ2v) is 10.5. The SMILES string of the molecule is NC(=O)[C@@H](CCC(F)(F)F)[C@@H](CCC(F)(F)F)C(=O)N[C@H]1CN(c2ccc(Cl)c(Cl)c2)c2cccc(Cl)c2NC1=O. The Hall–Kier alpha value is -2.90. The van der Waals surface area contributed by atoms with Gasteiger partial charge in [0.25, 0.3) is 0 Å². The first kappa shape index (κ1) is 32.6. The molecule has 16 heteroatoms. The number of para-hydroxylation sites is 1. The van der Waals surface area contributed by atoms with E-state index in [0.717, 1.165) is 0 Å². The van der Waals surface area contributed by atoms with Crippen molar-refractivity contribution in [1.29, 1.82) is 0 Å².